The summed E-state index contributed by atoms with van der Waals surface area (Å²) in [5.74, 6) is -0.852. The maximum atomic E-state index is 13.3. The highest BCUT2D eigenvalue weighted by molar-refractivity contribution is 7.92. The summed E-state index contributed by atoms with van der Waals surface area (Å²) in [6.07, 6.45) is 3.33. The van der Waals surface area contributed by atoms with E-state index in [4.69, 9.17) is 0 Å². The first-order valence-corrected chi connectivity index (χ1v) is 9.94. The summed E-state index contributed by atoms with van der Waals surface area (Å²) in [4.78, 5) is 14.1. The predicted octanol–water partition coefficient (Wildman–Crippen LogP) is 1.92. The maximum absolute atomic E-state index is 13.3. The molecule has 10 heteroatoms. The Bertz CT molecular complexity index is 1110. The lowest BCUT2D eigenvalue weighted by atomic mass is 10.1. The zero-order valence-electron chi connectivity index (χ0n) is 14.6. The number of likely N-dealkylation sites (tertiary alicyclic amines) is 1. The SMILES string of the molecule is O=C(c1cccc(NS(=O)(=O)c2cccc(F)c2)c1)N1CC(n2ccnn2)C1. The number of carbonyl (C=O) groups excluding carboxylic acids is 1. The van der Waals surface area contributed by atoms with Gasteiger partial charge in [0.05, 0.1) is 17.1 Å². The van der Waals surface area contributed by atoms with Crippen molar-refractivity contribution in [3.63, 3.8) is 0 Å². The molecule has 0 radical (unpaired) electrons. The highest BCUT2D eigenvalue weighted by atomic mass is 32.2. The van der Waals surface area contributed by atoms with Crippen LogP contribution >= 0.6 is 0 Å². The van der Waals surface area contributed by atoms with Crippen LogP contribution in [0.15, 0.2) is 65.8 Å². The van der Waals surface area contributed by atoms with E-state index in [0.717, 1.165) is 12.1 Å². The molecule has 1 aliphatic heterocycles. The number of nitrogens with one attached hydrogen (secondary N) is 1. The Morgan fingerprint density at radius 1 is 1.14 bits per heavy atom. The average Bonchev–Trinajstić information content (AvgIpc) is 3.14. The van der Waals surface area contributed by atoms with Crippen molar-refractivity contribution in [3.05, 3.63) is 72.3 Å². The number of nitrogens with zero attached hydrogens (tertiary/aromatic N) is 4. The molecule has 1 saturated heterocycles. The molecule has 0 atom stereocenters. The van der Waals surface area contributed by atoms with Crippen LogP contribution in [0.1, 0.15) is 16.4 Å². The summed E-state index contributed by atoms with van der Waals surface area (Å²) < 4.78 is 42.2. The zero-order valence-corrected chi connectivity index (χ0v) is 15.4. The number of carbonyl (C=O) groups is 1. The van der Waals surface area contributed by atoms with Crippen molar-refractivity contribution in [2.24, 2.45) is 0 Å². The largest absolute Gasteiger partial charge is 0.334 e. The molecule has 0 saturated carbocycles. The monoisotopic (exact) mass is 401 g/mol. The second-order valence-corrected chi connectivity index (χ2v) is 8.07. The summed E-state index contributed by atoms with van der Waals surface area (Å²) in [6.45, 7) is 1.00. The van der Waals surface area contributed by atoms with Gasteiger partial charge in [0.15, 0.2) is 0 Å². The van der Waals surface area contributed by atoms with E-state index in [-0.39, 0.29) is 22.5 Å². The normalized spacial score (nSPS) is 14.5. The first kappa shape index (κ1) is 18.1. The second-order valence-electron chi connectivity index (χ2n) is 6.39. The standard InChI is InChI=1S/C18H16FN5O3S/c19-14-4-2-6-17(10-14)28(26,27)21-15-5-1-3-13(9-15)18(25)23-11-16(12-23)24-8-7-20-22-24/h1-10,16,21H,11-12H2. The van der Waals surface area contributed by atoms with Gasteiger partial charge >= 0.3 is 0 Å². The van der Waals surface area contributed by atoms with E-state index >= 15 is 0 Å². The molecule has 4 rings (SSSR count). The smallest absolute Gasteiger partial charge is 0.261 e. The van der Waals surface area contributed by atoms with Crippen molar-refractivity contribution in [1.82, 2.24) is 19.9 Å². The van der Waals surface area contributed by atoms with Crippen LogP contribution in [0.4, 0.5) is 10.1 Å². The molecular weight excluding hydrogens is 385 g/mol. The van der Waals surface area contributed by atoms with E-state index in [1.807, 2.05) is 0 Å². The van der Waals surface area contributed by atoms with Gasteiger partial charge in [-0.25, -0.2) is 17.5 Å². The molecule has 0 unspecified atom stereocenters. The van der Waals surface area contributed by atoms with Crippen LogP contribution in [0.25, 0.3) is 0 Å². The van der Waals surface area contributed by atoms with Crippen LogP contribution in [0.2, 0.25) is 0 Å². The van der Waals surface area contributed by atoms with Crippen LogP contribution in [-0.2, 0) is 10.0 Å². The Labute approximate surface area is 160 Å². The van der Waals surface area contributed by atoms with E-state index in [1.165, 1.54) is 24.3 Å². The predicted molar refractivity (Wildman–Crippen MR) is 98.6 cm³/mol. The van der Waals surface area contributed by atoms with E-state index in [0.29, 0.717) is 18.7 Å². The van der Waals surface area contributed by atoms with Crippen LogP contribution in [0.3, 0.4) is 0 Å². The fraction of sp³-hybridized carbons (Fsp3) is 0.167. The van der Waals surface area contributed by atoms with Gasteiger partial charge in [0.25, 0.3) is 15.9 Å². The van der Waals surface area contributed by atoms with Gasteiger partial charge in [-0.05, 0) is 36.4 Å². The molecule has 1 amide bonds. The van der Waals surface area contributed by atoms with Crippen molar-refractivity contribution < 1.29 is 17.6 Å². The summed E-state index contributed by atoms with van der Waals surface area (Å²) >= 11 is 0. The highest BCUT2D eigenvalue weighted by Gasteiger charge is 2.33. The van der Waals surface area contributed by atoms with Crippen LogP contribution in [0.5, 0.6) is 0 Å². The molecule has 0 aliphatic carbocycles. The minimum Gasteiger partial charge on any atom is -0.334 e. The summed E-state index contributed by atoms with van der Waals surface area (Å²) in [5, 5.41) is 7.67. The molecule has 3 aromatic rings. The van der Waals surface area contributed by atoms with Crippen molar-refractivity contribution in [2.75, 3.05) is 17.8 Å². The zero-order chi connectivity index (χ0) is 19.7. The van der Waals surface area contributed by atoms with Gasteiger partial charge in [-0.3, -0.25) is 9.52 Å². The number of hydrogen-bond acceptors (Lipinski definition) is 5. The van der Waals surface area contributed by atoms with Gasteiger partial charge in [-0.2, -0.15) is 0 Å². The second kappa shape index (κ2) is 7.04. The molecule has 2 heterocycles. The third-order valence-electron chi connectivity index (χ3n) is 4.43. The fourth-order valence-electron chi connectivity index (χ4n) is 2.95. The van der Waals surface area contributed by atoms with E-state index < -0.39 is 15.8 Å². The number of aromatic nitrogens is 3. The number of halogens is 1. The molecular formula is C18H16FN5O3S. The number of benzene rings is 2. The topological polar surface area (TPSA) is 97.2 Å². The van der Waals surface area contributed by atoms with Gasteiger partial charge in [-0.15, -0.1) is 5.10 Å². The van der Waals surface area contributed by atoms with Gasteiger partial charge in [0, 0.05) is 30.5 Å². The van der Waals surface area contributed by atoms with Gasteiger partial charge < -0.3 is 4.90 Å². The quantitative estimate of drug-likeness (QED) is 0.704. The first-order chi connectivity index (χ1) is 13.4. The van der Waals surface area contributed by atoms with Crippen LogP contribution < -0.4 is 4.72 Å². The van der Waals surface area contributed by atoms with Crippen molar-refractivity contribution in [3.8, 4) is 0 Å². The van der Waals surface area contributed by atoms with Crippen molar-refractivity contribution >= 4 is 21.6 Å². The average molecular weight is 401 g/mol. The van der Waals surface area contributed by atoms with Crippen LogP contribution in [-0.4, -0.2) is 47.3 Å². The fourth-order valence-corrected chi connectivity index (χ4v) is 4.03. The summed E-state index contributed by atoms with van der Waals surface area (Å²) in [6, 6.07) is 11.0. The molecule has 1 aromatic heterocycles. The molecule has 1 N–H and O–H groups in total. The van der Waals surface area contributed by atoms with Crippen molar-refractivity contribution in [2.45, 2.75) is 10.9 Å². The van der Waals surface area contributed by atoms with E-state index in [1.54, 1.807) is 34.1 Å². The Balaban J connectivity index is 1.47. The Kier molecular flexibility index (Phi) is 4.55. The molecule has 8 nitrogen and oxygen atoms in total. The summed E-state index contributed by atoms with van der Waals surface area (Å²) in [5.41, 5.74) is 0.583. The molecule has 1 fully saturated rings. The molecule has 0 bridgehead atoms. The lowest BCUT2D eigenvalue weighted by Gasteiger charge is -2.38. The molecule has 144 valence electrons. The third kappa shape index (κ3) is 3.58. The number of anilines is 1. The summed E-state index contributed by atoms with van der Waals surface area (Å²) in [7, 11) is -3.96. The number of amides is 1. The number of sulfonamides is 1. The molecule has 2 aromatic carbocycles. The van der Waals surface area contributed by atoms with Crippen LogP contribution in [0, 0.1) is 5.82 Å². The Morgan fingerprint density at radius 3 is 2.64 bits per heavy atom. The van der Waals surface area contributed by atoms with E-state index in [9.17, 15) is 17.6 Å². The molecule has 28 heavy (non-hydrogen) atoms. The molecule has 0 spiro atoms. The highest BCUT2D eigenvalue weighted by Crippen LogP contribution is 2.24. The lowest BCUT2D eigenvalue weighted by molar-refractivity contribution is 0.0498. The van der Waals surface area contributed by atoms with Gasteiger partial charge in [-0.1, -0.05) is 17.3 Å². The minimum absolute atomic E-state index is 0.0844. The van der Waals surface area contributed by atoms with Crippen molar-refractivity contribution in [1.29, 1.82) is 0 Å². The Hall–Kier alpha value is -3.27. The Morgan fingerprint density at radius 2 is 1.93 bits per heavy atom. The van der Waals surface area contributed by atoms with Gasteiger partial charge in [0.2, 0.25) is 0 Å². The first-order valence-electron chi connectivity index (χ1n) is 8.46. The maximum Gasteiger partial charge on any atom is 0.261 e. The van der Waals surface area contributed by atoms with Gasteiger partial charge in [0.1, 0.15) is 5.82 Å². The number of hydrogen-bond donors (Lipinski definition) is 1. The minimum atomic E-state index is -3.96. The number of rotatable bonds is 5. The van der Waals surface area contributed by atoms with E-state index in [2.05, 4.69) is 15.0 Å². The third-order valence-corrected chi connectivity index (χ3v) is 5.81. The lowest BCUT2D eigenvalue weighted by Crippen LogP contribution is -2.50. The molecule has 1 aliphatic rings.